The number of hydrogen-bond donors (Lipinski definition) is 0. The Morgan fingerprint density at radius 3 is 1.90 bits per heavy atom. The van der Waals surface area contributed by atoms with Gasteiger partial charge in [0, 0.05) is 47.6 Å². The van der Waals surface area contributed by atoms with Crippen molar-refractivity contribution in [3.8, 4) is 45.3 Å². The molecule has 8 aromatic carbocycles. The van der Waals surface area contributed by atoms with Crippen LogP contribution in [0.5, 0.6) is 0 Å². The summed E-state index contributed by atoms with van der Waals surface area (Å²) < 4.78 is 9.11. The third-order valence-electron chi connectivity index (χ3n) is 10.1. The van der Waals surface area contributed by atoms with Crippen LogP contribution in [-0.4, -0.2) is 15.0 Å². The highest BCUT2D eigenvalue weighted by molar-refractivity contribution is 7.26. The molecule has 3 heterocycles. The molecule has 4 nitrogen and oxygen atoms in total. The fraction of sp³-hybridized carbons (Fsp3) is 0. The molecule has 0 spiro atoms. The minimum atomic E-state index is 0.601. The van der Waals surface area contributed by atoms with Crippen molar-refractivity contribution in [1.29, 1.82) is 0 Å². The summed E-state index contributed by atoms with van der Waals surface area (Å²) >= 11 is 1.87. The van der Waals surface area contributed by atoms with Crippen molar-refractivity contribution in [2.75, 3.05) is 0 Å². The maximum atomic E-state index is 6.47. The predicted octanol–water partition coefficient (Wildman–Crippen LogP) is 13.1. The van der Waals surface area contributed by atoms with Gasteiger partial charge in [-0.05, 0) is 63.0 Å². The molecule has 0 aliphatic heterocycles. The lowest BCUT2D eigenvalue weighted by molar-refractivity contribution is 0.669. The second-order valence-corrected chi connectivity index (χ2v) is 14.3. The number of fused-ring (bicyclic) bond motifs is 9. The average molecular weight is 682 g/mol. The molecule has 11 aromatic rings. The third-order valence-corrected chi connectivity index (χ3v) is 11.3. The Kier molecular flexibility index (Phi) is 6.39. The third kappa shape index (κ3) is 4.64. The van der Waals surface area contributed by atoms with Gasteiger partial charge in [0.2, 0.25) is 0 Å². The van der Waals surface area contributed by atoms with Crippen LogP contribution < -0.4 is 0 Å². The van der Waals surface area contributed by atoms with Gasteiger partial charge in [-0.3, -0.25) is 0 Å². The largest absolute Gasteiger partial charge is 0.456 e. The van der Waals surface area contributed by atoms with Gasteiger partial charge in [-0.2, -0.15) is 0 Å². The number of nitrogens with zero attached hydrogens (tertiary/aromatic N) is 3. The summed E-state index contributed by atoms with van der Waals surface area (Å²) in [6.45, 7) is 0. The van der Waals surface area contributed by atoms with Crippen LogP contribution >= 0.6 is 11.3 Å². The van der Waals surface area contributed by atoms with Crippen molar-refractivity contribution in [1.82, 2.24) is 15.0 Å². The highest BCUT2D eigenvalue weighted by Gasteiger charge is 2.17. The highest BCUT2D eigenvalue weighted by atomic mass is 32.1. The van der Waals surface area contributed by atoms with E-state index < -0.39 is 0 Å². The molecule has 0 bridgehead atoms. The summed E-state index contributed by atoms with van der Waals surface area (Å²) in [5.74, 6) is 1.87. The molecule has 52 heavy (non-hydrogen) atoms. The number of benzene rings is 8. The number of hydrogen-bond acceptors (Lipinski definition) is 5. The Labute approximate surface area is 302 Å². The van der Waals surface area contributed by atoms with Gasteiger partial charge in [0.1, 0.15) is 11.2 Å². The Morgan fingerprint density at radius 1 is 0.365 bits per heavy atom. The molecular weight excluding hydrogens is 655 g/mol. The van der Waals surface area contributed by atoms with E-state index in [9.17, 15) is 0 Å². The zero-order valence-electron chi connectivity index (χ0n) is 27.7. The normalized spacial score (nSPS) is 11.8. The first-order chi connectivity index (χ1) is 25.7. The molecule has 3 aromatic heterocycles. The first kappa shape index (κ1) is 29.1. The van der Waals surface area contributed by atoms with E-state index in [1.165, 1.54) is 36.5 Å². The molecule has 5 heteroatoms. The summed E-state index contributed by atoms with van der Waals surface area (Å²) in [6, 6.07) is 57.4. The Balaban J connectivity index is 1.02. The van der Waals surface area contributed by atoms with Gasteiger partial charge in [0.25, 0.3) is 0 Å². The standard InChI is InChI=1S/C47H27N3OS/c1-2-11-30(12-3-1)45-48-46(50-47(49-45)39-16-8-13-28-9-4-6-14-34(28)39)33-19-21-36-40-25-31(20-24-41(40)51-42(36)26-33)32-18-22-37-38-23-17-29-10-5-7-15-35(29)44(38)52-43(37)27-32/h1-27H. The van der Waals surface area contributed by atoms with Gasteiger partial charge in [-0.25, -0.2) is 15.0 Å². The van der Waals surface area contributed by atoms with Crippen molar-refractivity contribution in [2.24, 2.45) is 0 Å². The molecule has 0 aliphatic carbocycles. The van der Waals surface area contributed by atoms with Crippen LogP contribution in [0.1, 0.15) is 0 Å². The van der Waals surface area contributed by atoms with Crippen molar-refractivity contribution in [2.45, 2.75) is 0 Å². The van der Waals surface area contributed by atoms with Gasteiger partial charge in [0.05, 0.1) is 0 Å². The lowest BCUT2D eigenvalue weighted by atomic mass is 10.0. The molecule has 0 amide bonds. The topological polar surface area (TPSA) is 51.8 Å². The van der Waals surface area contributed by atoms with E-state index in [0.29, 0.717) is 17.5 Å². The quantitative estimate of drug-likeness (QED) is 0.185. The summed E-state index contributed by atoms with van der Waals surface area (Å²) in [5, 5.41) is 9.59. The van der Waals surface area contributed by atoms with E-state index in [1.807, 2.05) is 41.7 Å². The van der Waals surface area contributed by atoms with Gasteiger partial charge >= 0.3 is 0 Å². The molecule has 242 valence electrons. The van der Waals surface area contributed by atoms with Crippen LogP contribution in [0.3, 0.4) is 0 Å². The first-order valence-corrected chi connectivity index (χ1v) is 18.2. The van der Waals surface area contributed by atoms with Crippen LogP contribution in [-0.2, 0) is 0 Å². The fourth-order valence-corrected chi connectivity index (χ4v) is 8.82. The molecule has 0 aliphatic rings. The number of rotatable bonds is 4. The lowest BCUT2D eigenvalue weighted by Gasteiger charge is -2.10. The lowest BCUT2D eigenvalue weighted by Crippen LogP contribution is -2.00. The van der Waals surface area contributed by atoms with Crippen LogP contribution in [0.25, 0.3) is 109 Å². The molecule has 11 rings (SSSR count). The fourth-order valence-electron chi connectivity index (χ4n) is 7.54. The van der Waals surface area contributed by atoms with E-state index in [1.54, 1.807) is 0 Å². The van der Waals surface area contributed by atoms with Gasteiger partial charge < -0.3 is 4.42 Å². The molecule has 0 N–H and O–H groups in total. The predicted molar refractivity (Wildman–Crippen MR) is 217 cm³/mol. The van der Waals surface area contributed by atoms with E-state index in [-0.39, 0.29) is 0 Å². The highest BCUT2D eigenvalue weighted by Crippen LogP contribution is 2.41. The van der Waals surface area contributed by atoms with Crippen LogP contribution in [0.2, 0.25) is 0 Å². The van der Waals surface area contributed by atoms with Gasteiger partial charge in [-0.1, -0.05) is 133 Å². The van der Waals surface area contributed by atoms with E-state index in [4.69, 9.17) is 19.4 Å². The van der Waals surface area contributed by atoms with Crippen LogP contribution in [0.15, 0.2) is 168 Å². The molecule has 0 radical (unpaired) electrons. The van der Waals surface area contributed by atoms with Crippen molar-refractivity contribution < 1.29 is 4.42 Å². The van der Waals surface area contributed by atoms with Crippen LogP contribution in [0.4, 0.5) is 0 Å². The smallest absolute Gasteiger partial charge is 0.164 e. The summed E-state index contributed by atoms with van der Waals surface area (Å²) in [5.41, 5.74) is 6.78. The van der Waals surface area contributed by atoms with Crippen molar-refractivity contribution in [3.63, 3.8) is 0 Å². The summed E-state index contributed by atoms with van der Waals surface area (Å²) in [7, 11) is 0. The summed E-state index contributed by atoms with van der Waals surface area (Å²) in [4.78, 5) is 15.0. The van der Waals surface area contributed by atoms with Crippen LogP contribution in [0, 0.1) is 0 Å². The molecule has 0 fully saturated rings. The summed E-state index contributed by atoms with van der Waals surface area (Å²) in [6.07, 6.45) is 0. The number of thiophene rings is 1. The number of furan rings is 1. The minimum absolute atomic E-state index is 0.601. The van der Waals surface area contributed by atoms with Gasteiger partial charge in [0.15, 0.2) is 17.5 Å². The maximum absolute atomic E-state index is 6.47. The Bertz CT molecular complexity index is 3190. The zero-order valence-corrected chi connectivity index (χ0v) is 28.6. The van der Waals surface area contributed by atoms with Gasteiger partial charge in [-0.15, -0.1) is 11.3 Å². The van der Waals surface area contributed by atoms with E-state index >= 15 is 0 Å². The maximum Gasteiger partial charge on any atom is 0.164 e. The average Bonchev–Trinajstić information content (AvgIpc) is 3.78. The first-order valence-electron chi connectivity index (χ1n) is 17.3. The van der Waals surface area contributed by atoms with E-state index in [2.05, 4.69) is 133 Å². The molecule has 0 saturated carbocycles. The Morgan fingerprint density at radius 2 is 1.02 bits per heavy atom. The number of aromatic nitrogens is 3. The van der Waals surface area contributed by atoms with Crippen molar-refractivity contribution in [3.05, 3.63) is 164 Å². The molecular formula is C47H27N3OS. The SMILES string of the molecule is c1ccc(-c2nc(-c3ccc4c(c3)oc3ccc(-c5ccc6c(c5)sc5c7ccccc7ccc65)cc34)nc(-c3cccc4ccccc34)n2)cc1. The molecule has 0 unspecified atom stereocenters. The second kappa shape index (κ2) is 11.4. The second-order valence-electron chi connectivity index (χ2n) is 13.2. The minimum Gasteiger partial charge on any atom is -0.456 e. The van der Waals surface area contributed by atoms with E-state index in [0.717, 1.165) is 55.0 Å². The molecule has 0 saturated heterocycles. The zero-order chi connectivity index (χ0) is 34.2. The monoisotopic (exact) mass is 681 g/mol. The Hall–Kier alpha value is -6.69. The molecule has 0 atom stereocenters. The van der Waals surface area contributed by atoms with Crippen molar-refractivity contribution >= 4 is 75.0 Å².